The molecule has 0 aliphatic rings. The number of hydrogen-bond donors (Lipinski definition) is 2. The number of aromatic hydroxyl groups is 1. The lowest BCUT2D eigenvalue weighted by Crippen LogP contribution is -1.96. The molecule has 2 rings (SSSR count). The highest BCUT2D eigenvalue weighted by atomic mass is 16.6. The first-order valence-corrected chi connectivity index (χ1v) is 5.34. The van der Waals surface area contributed by atoms with Crippen molar-refractivity contribution in [3.05, 3.63) is 52.1 Å². The zero-order chi connectivity index (χ0) is 13.3. The molecule has 2 aromatic rings. The summed E-state index contributed by atoms with van der Waals surface area (Å²) in [5, 5.41) is 20.7. The Balaban J connectivity index is 2.73. The molecule has 0 saturated heterocycles. The Morgan fingerprint density at radius 2 is 1.89 bits per heavy atom. The Labute approximate surface area is 104 Å². The van der Waals surface area contributed by atoms with Crippen molar-refractivity contribution in [3.8, 4) is 16.9 Å². The van der Waals surface area contributed by atoms with Gasteiger partial charge in [0.2, 0.25) is 0 Å². The molecule has 0 fully saturated rings. The molecule has 0 bridgehead atoms. The highest BCUT2D eigenvalue weighted by Crippen LogP contribution is 2.38. The van der Waals surface area contributed by atoms with Gasteiger partial charge in [-0.1, -0.05) is 18.2 Å². The van der Waals surface area contributed by atoms with Gasteiger partial charge < -0.3 is 10.8 Å². The van der Waals surface area contributed by atoms with E-state index in [-0.39, 0.29) is 11.4 Å². The minimum atomic E-state index is -0.449. The number of benzene rings is 2. The molecule has 3 N–H and O–H groups in total. The number of nitrogens with two attached hydrogens (primary N) is 1. The Kier molecular flexibility index (Phi) is 2.89. The molecule has 0 amide bonds. The second kappa shape index (κ2) is 4.37. The van der Waals surface area contributed by atoms with Crippen molar-refractivity contribution in [1.29, 1.82) is 0 Å². The van der Waals surface area contributed by atoms with Gasteiger partial charge >= 0.3 is 0 Å². The number of nitro benzene ring substituents is 1. The number of nitro groups is 1. The molecule has 2 aromatic carbocycles. The van der Waals surface area contributed by atoms with Crippen molar-refractivity contribution >= 4 is 11.4 Å². The first-order valence-electron chi connectivity index (χ1n) is 5.34. The second-order valence-corrected chi connectivity index (χ2v) is 3.95. The fourth-order valence-electron chi connectivity index (χ4n) is 1.94. The largest absolute Gasteiger partial charge is 0.507 e. The minimum absolute atomic E-state index is 0.00940. The van der Waals surface area contributed by atoms with Crippen LogP contribution >= 0.6 is 0 Å². The standard InChI is InChI=1S/C13H12N2O3/c1-8-9(4-2-6-11(8)15(17)18)13-10(14)5-3-7-12(13)16/h2-7,16H,14H2,1H3. The molecule has 0 spiro atoms. The van der Waals surface area contributed by atoms with E-state index in [1.165, 1.54) is 12.1 Å². The average Bonchev–Trinajstić information content (AvgIpc) is 2.30. The predicted octanol–water partition coefficient (Wildman–Crippen LogP) is 2.86. The van der Waals surface area contributed by atoms with Crippen LogP contribution in [0, 0.1) is 17.0 Å². The third kappa shape index (κ3) is 1.86. The van der Waals surface area contributed by atoms with Crippen molar-refractivity contribution in [1.82, 2.24) is 0 Å². The van der Waals surface area contributed by atoms with Crippen LogP contribution in [0.25, 0.3) is 11.1 Å². The van der Waals surface area contributed by atoms with Gasteiger partial charge in [-0.3, -0.25) is 10.1 Å². The van der Waals surface area contributed by atoms with Gasteiger partial charge in [0.25, 0.3) is 5.69 Å². The Morgan fingerprint density at radius 3 is 2.50 bits per heavy atom. The van der Waals surface area contributed by atoms with Crippen LogP contribution in [0.5, 0.6) is 5.75 Å². The summed E-state index contributed by atoms with van der Waals surface area (Å²) in [5.74, 6) is 0.0126. The minimum Gasteiger partial charge on any atom is -0.507 e. The van der Waals surface area contributed by atoms with Gasteiger partial charge in [0.1, 0.15) is 5.75 Å². The van der Waals surface area contributed by atoms with Crippen LogP contribution in [0.2, 0.25) is 0 Å². The number of nitrogen functional groups attached to an aromatic ring is 1. The summed E-state index contributed by atoms with van der Waals surface area (Å²) >= 11 is 0. The van der Waals surface area contributed by atoms with Crippen LogP contribution in [0.1, 0.15) is 5.56 Å². The molecule has 5 nitrogen and oxygen atoms in total. The van der Waals surface area contributed by atoms with Crippen LogP contribution in [-0.2, 0) is 0 Å². The zero-order valence-corrected chi connectivity index (χ0v) is 9.75. The molecule has 0 unspecified atom stereocenters. The summed E-state index contributed by atoms with van der Waals surface area (Å²) in [5.41, 5.74) is 7.70. The summed E-state index contributed by atoms with van der Waals surface area (Å²) in [4.78, 5) is 10.4. The highest BCUT2D eigenvalue weighted by Gasteiger charge is 2.17. The number of phenols is 1. The van der Waals surface area contributed by atoms with Crippen LogP contribution in [0.3, 0.4) is 0 Å². The molecule has 0 heterocycles. The smallest absolute Gasteiger partial charge is 0.272 e. The zero-order valence-electron chi connectivity index (χ0n) is 9.75. The van der Waals surface area contributed by atoms with E-state index < -0.39 is 4.92 Å². The lowest BCUT2D eigenvalue weighted by molar-refractivity contribution is -0.385. The average molecular weight is 244 g/mol. The van der Waals surface area contributed by atoms with Crippen LogP contribution < -0.4 is 5.73 Å². The number of hydrogen-bond acceptors (Lipinski definition) is 4. The van der Waals surface area contributed by atoms with E-state index in [1.807, 2.05) is 0 Å². The predicted molar refractivity (Wildman–Crippen MR) is 69.3 cm³/mol. The summed E-state index contributed by atoms with van der Waals surface area (Å²) in [6.07, 6.45) is 0. The van der Waals surface area contributed by atoms with Gasteiger partial charge in [0, 0.05) is 22.9 Å². The van der Waals surface area contributed by atoms with Crippen molar-refractivity contribution < 1.29 is 10.0 Å². The number of rotatable bonds is 2. The van der Waals surface area contributed by atoms with E-state index in [0.717, 1.165) is 0 Å². The molecule has 0 saturated carbocycles. The van der Waals surface area contributed by atoms with Gasteiger partial charge in [0.05, 0.1) is 4.92 Å². The third-order valence-electron chi connectivity index (χ3n) is 2.85. The van der Waals surface area contributed by atoms with Crippen molar-refractivity contribution in [2.24, 2.45) is 0 Å². The van der Waals surface area contributed by atoms with E-state index in [2.05, 4.69) is 0 Å². The summed E-state index contributed by atoms with van der Waals surface area (Å²) in [6.45, 7) is 1.64. The van der Waals surface area contributed by atoms with Crippen LogP contribution in [0.4, 0.5) is 11.4 Å². The molecule has 92 valence electrons. The fourth-order valence-corrected chi connectivity index (χ4v) is 1.94. The van der Waals surface area contributed by atoms with Crippen LogP contribution in [0.15, 0.2) is 36.4 Å². The van der Waals surface area contributed by atoms with Gasteiger partial charge in [-0.25, -0.2) is 0 Å². The normalized spacial score (nSPS) is 10.3. The molecule has 0 aliphatic carbocycles. The molecule has 18 heavy (non-hydrogen) atoms. The quantitative estimate of drug-likeness (QED) is 0.483. The first-order chi connectivity index (χ1) is 8.52. The Hall–Kier alpha value is -2.56. The Morgan fingerprint density at radius 1 is 1.22 bits per heavy atom. The highest BCUT2D eigenvalue weighted by molar-refractivity contribution is 5.84. The van der Waals surface area contributed by atoms with Crippen molar-refractivity contribution in [2.75, 3.05) is 5.73 Å². The van der Waals surface area contributed by atoms with Gasteiger partial charge in [-0.05, 0) is 24.6 Å². The first kappa shape index (κ1) is 11.9. The van der Waals surface area contributed by atoms with E-state index in [0.29, 0.717) is 22.4 Å². The van der Waals surface area contributed by atoms with Gasteiger partial charge in [0.15, 0.2) is 0 Å². The summed E-state index contributed by atoms with van der Waals surface area (Å²) in [7, 11) is 0. The van der Waals surface area contributed by atoms with Gasteiger partial charge in [-0.15, -0.1) is 0 Å². The maximum atomic E-state index is 10.9. The number of phenolic OH excluding ortho intramolecular Hbond substituents is 1. The number of anilines is 1. The van der Waals surface area contributed by atoms with Gasteiger partial charge in [-0.2, -0.15) is 0 Å². The SMILES string of the molecule is Cc1c(-c2c(N)cccc2O)cccc1[N+](=O)[O-]. The van der Waals surface area contributed by atoms with E-state index in [1.54, 1.807) is 31.2 Å². The lowest BCUT2D eigenvalue weighted by Gasteiger charge is -2.11. The molecule has 0 aromatic heterocycles. The third-order valence-corrected chi connectivity index (χ3v) is 2.85. The molecule has 0 radical (unpaired) electrons. The molecular formula is C13H12N2O3. The van der Waals surface area contributed by atoms with E-state index >= 15 is 0 Å². The van der Waals surface area contributed by atoms with Crippen molar-refractivity contribution in [3.63, 3.8) is 0 Å². The molecule has 0 aliphatic heterocycles. The summed E-state index contributed by atoms with van der Waals surface area (Å²) < 4.78 is 0. The maximum Gasteiger partial charge on any atom is 0.272 e. The lowest BCUT2D eigenvalue weighted by atomic mass is 9.97. The molecule has 5 heteroatoms. The van der Waals surface area contributed by atoms with Crippen molar-refractivity contribution in [2.45, 2.75) is 6.92 Å². The van der Waals surface area contributed by atoms with E-state index in [4.69, 9.17) is 5.73 Å². The maximum absolute atomic E-state index is 10.9. The molecule has 0 atom stereocenters. The molecular weight excluding hydrogens is 232 g/mol. The van der Waals surface area contributed by atoms with E-state index in [9.17, 15) is 15.2 Å². The Bertz CT molecular complexity index is 603. The van der Waals surface area contributed by atoms with Crippen LogP contribution in [-0.4, -0.2) is 10.0 Å². The fraction of sp³-hybridized carbons (Fsp3) is 0.0769. The second-order valence-electron chi connectivity index (χ2n) is 3.95. The summed E-state index contributed by atoms with van der Waals surface area (Å²) in [6, 6.07) is 9.48. The number of nitrogens with zero attached hydrogens (tertiary/aromatic N) is 1. The monoisotopic (exact) mass is 244 g/mol. The topological polar surface area (TPSA) is 89.4 Å².